The average molecular weight is 260 g/mol. The number of methoxy groups -OCH3 is 1. The Labute approximate surface area is 116 Å². The molecular formula is C17H24O2. The lowest BCUT2D eigenvalue weighted by molar-refractivity contribution is -0.158. The van der Waals surface area contributed by atoms with Gasteiger partial charge in [-0.2, -0.15) is 0 Å². The summed E-state index contributed by atoms with van der Waals surface area (Å²) < 4.78 is 4.97. The minimum atomic E-state index is -0.243. The van der Waals surface area contributed by atoms with Crippen molar-refractivity contribution >= 4 is 5.97 Å². The molecule has 0 heterocycles. The van der Waals surface area contributed by atoms with E-state index in [0.29, 0.717) is 5.92 Å². The molecule has 0 amide bonds. The van der Waals surface area contributed by atoms with Crippen molar-refractivity contribution in [2.24, 2.45) is 5.41 Å². The molecule has 1 aliphatic carbocycles. The van der Waals surface area contributed by atoms with E-state index in [1.165, 1.54) is 18.2 Å². The fraction of sp³-hybridized carbons (Fsp3) is 0.588. The van der Waals surface area contributed by atoms with Gasteiger partial charge in [-0.05, 0) is 42.7 Å². The molecular weight excluding hydrogens is 236 g/mol. The van der Waals surface area contributed by atoms with E-state index in [9.17, 15) is 4.79 Å². The smallest absolute Gasteiger partial charge is 0.312 e. The maximum Gasteiger partial charge on any atom is 0.312 e. The van der Waals surface area contributed by atoms with Crippen molar-refractivity contribution in [2.75, 3.05) is 7.11 Å². The Kier molecular flexibility index (Phi) is 4.28. The molecule has 1 fully saturated rings. The summed E-state index contributed by atoms with van der Waals surface area (Å²) in [6.45, 7) is 4.45. The zero-order chi connectivity index (χ0) is 13.9. The van der Waals surface area contributed by atoms with Gasteiger partial charge in [0, 0.05) is 0 Å². The molecule has 0 spiro atoms. The fourth-order valence-electron chi connectivity index (χ4n) is 2.86. The monoisotopic (exact) mass is 260 g/mol. The second kappa shape index (κ2) is 5.77. The van der Waals surface area contributed by atoms with Gasteiger partial charge >= 0.3 is 5.97 Å². The van der Waals surface area contributed by atoms with Crippen LogP contribution in [0.15, 0.2) is 24.3 Å². The summed E-state index contributed by atoms with van der Waals surface area (Å²) in [4.78, 5) is 11.9. The Morgan fingerprint density at radius 2 is 1.95 bits per heavy atom. The standard InChI is InChI=1S/C17H24O2/c1-4-13(2)15-8-6-14(7-9-15)12-17(10-5-11-17)16(18)19-3/h6-9,13H,4-5,10-12H2,1-3H3. The van der Waals surface area contributed by atoms with Crippen LogP contribution in [-0.2, 0) is 16.0 Å². The summed E-state index contributed by atoms with van der Waals surface area (Å²) in [7, 11) is 1.49. The van der Waals surface area contributed by atoms with Gasteiger partial charge in [0.25, 0.3) is 0 Å². The molecule has 0 saturated heterocycles. The number of carbonyl (C=O) groups excluding carboxylic acids is 1. The summed E-state index contributed by atoms with van der Waals surface area (Å²) in [6.07, 6.45) is 5.05. The summed E-state index contributed by atoms with van der Waals surface area (Å²) in [5.41, 5.74) is 2.39. The van der Waals surface area contributed by atoms with Crippen LogP contribution in [0.4, 0.5) is 0 Å². The average Bonchev–Trinajstić information content (AvgIpc) is 2.41. The van der Waals surface area contributed by atoms with Crippen molar-refractivity contribution in [3.63, 3.8) is 0 Å². The zero-order valence-electron chi connectivity index (χ0n) is 12.2. The predicted molar refractivity (Wildman–Crippen MR) is 77.2 cm³/mol. The Bertz CT molecular complexity index is 429. The van der Waals surface area contributed by atoms with E-state index in [0.717, 1.165) is 32.1 Å². The number of ether oxygens (including phenoxy) is 1. The van der Waals surface area contributed by atoms with E-state index in [4.69, 9.17) is 4.74 Å². The van der Waals surface area contributed by atoms with Gasteiger partial charge in [-0.15, -0.1) is 0 Å². The van der Waals surface area contributed by atoms with E-state index in [1.807, 2.05) is 0 Å². The predicted octanol–water partition coefficient (Wildman–Crippen LogP) is 4.09. The number of hydrogen-bond donors (Lipinski definition) is 0. The normalized spacial score (nSPS) is 18.5. The lowest BCUT2D eigenvalue weighted by Gasteiger charge is -2.39. The van der Waals surface area contributed by atoms with Gasteiger partial charge in [-0.1, -0.05) is 44.5 Å². The number of hydrogen-bond acceptors (Lipinski definition) is 2. The summed E-state index contributed by atoms with van der Waals surface area (Å²) in [5.74, 6) is 0.567. The van der Waals surface area contributed by atoms with Gasteiger partial charge in [-0.25, -0.2) is 0 Å². The molecule has 2 nitrogen and oxygen atoms in total. The van der Waals surface area contributed by atoms with Crippen molar-refractivity contribution in [1.82, 2.24) is 0 Å². The molecule has 1 atom stereocenters. The molecule has 0 N–H and O–H groups in total. The molecule has 2 heteroatoms. The summed E-state index contributed by atoms with van der Waals surface area (Å²) >= 11 is 0. The second-order valence-electron chi connectivity index (χ2n) is 5.85. The molecule has 0 bridgehead atoms. The Balaban J connectivity index is 2.08. The van der Waals surface area contributed by atoms with Crippen LogP contribution >= 0.6 is 0 Å². The quantitative estimate of drug-likeness (QED) is 0.745. The minimum Gasteiger partial charge on any atom is -0.469 e. The Morgan fingerprint density at radius 3 is 2.37 bits per heavy atom. The van der Waals surface area contributed by atoms with Crippen molar-refractivity contribution in [3.05, 3.63) is 35.4 Å². The third-order valence-electron chi connectivity index (χ3n) is 4.63. The highest BCUT2D eigenvalue weighted by atomic mass is 16.5. The van der Waals surface area contributed by atoms with Crippen molar-refractivity contribution < 1.29 is 9.53 Å². The first-order chi connectivity index (χ1) is 9.11. The van der Waals surface area contributed by atoms with Crippen molar-refractivity contribution in [1.29, 1.82) is 0 Å². The van der Waals surface area contributed by atoms with Crippen LogP contribution in [0.1, 0.15) is 56.6 Å². The first kappa shape index (κ1) is 14.1. The summed E-state index contributed by atoms with van der Waals surface area (Å²) in [6, 6.07) is 8.75. The molecule has 1 aromatic carbocycles. The van der Waals surface area contributed by atoms with Gasteiger partial charge in [0.15, 0.2) is 0 Å². The zero-order valence-corrected chi connectivity index (χ0v) is 12.2. The third kappa shape index (κ3) is 2.83. The second-order valence-corrected chi connectivity index (χ2v) is 5.85. The minimum absolute atomic E-state index is 0.0373. The number of esters is 1. The van der Waals surface area contributed by atoms with Gasteiger partial charge in [0.1, 0.15) is 0 Å². The van der Waals surface area contributed by atoms with E-state index >= 15 is 0 Å². The highest BCUT2D eigenvalue weighted by Crippen LogP contribution is 2.44. The molecule has 1 unspecified atom stereocenters. The van der Waals surface area contributed by atoms with Crippen LogP contribution in [0.3, 0.4) is 0 Å². The van der Waals surface area contributed by atoms with Crippen LogP contribution < -0.4 is 0 Å². The first-order valence-electron chi connectivity index (χ1n) is 7.28. The van der Waals surface area contributed by atoms with E-state index in [-0.39, 0.29) is 11.4 Å². The Hall–Kier alpha value is -1.31. The highest BCUT2D eigenvalue weighted by molar-refractivity contribution is 5.78. The highest BCUT2D eigenvalue weighted by Gasteiger charge is 2.45. The van der Waals surface area contributed by atoms with Gasteiger partial charge in [0.05, 0.1) is 12.5 Å². The third-order valence-corrected chi connectivity index (χ3v) is 4.63. The lowest BCUT2D eigenvalue weighted by atomic mass is 9.65. The fourth-order valence-corrected chi connectivity index (χ4v) is 2.86. The van der Waals surface area contributed by atoms with Crippen molar-refractivity contribution in [3.8, 4) is 0 Å². The molecule has 2 rings (SSSR count). The molecule has 0 aliphatic heterocycles. The number of carbonyl (C=O) groups is 1. The van der Waals surface area contributed by atoms with Crippen LogP contribution in [-0.4, -0.2) is 13.1 Å². The maximum absolute atomic E-state index is 11.9. The first-order valence-corrected chi connectivity index (χ1v) is 7.28. The molecule has 0 aromatic heterocycles. The van der Waals surface area contributed by atoms with Crippen LogP contribution in [0.5, 0.6) is 0 Å². The molecule has 0 radical (unpaired) electrons. The van der Waals surface area contributed by atoms with Crippen LogP contribution in [0, 0.1) is 5.41 Å². The molecule has 1 aromatic rings. The molecule has 104 valence electrons. The number of benzene rings is 1. The van der Waals surface area contributed by atoms with E-state index in [2.05, 4.69) is 38.1 Å². The molecule has 1 aliphatic rings. The molecule has 19 heavy (non-hydrogen) atoms. The SMILES string of the molecule is CCC(C)c1ccc(CC2(C(=O)OC)CCC2)cc1. The lowest BCUT2D eigenvalue weighted by Crippen LogP contribution is -2.40. The van der Waals surface area contributed by atoms with Crippen molar-refractivity contribution in [2.45, 2.75) is 51.9 Å². The van der Waals surface area contributed by atoms with Gasteiger partial charge in [0.2, 0.25) is 0 Å². The van der Waals surface area contributed by atoms with E-state index < -0.39 is 0 Å². The van der Waals surface area contributed by atoms with Gasteiger partial charge in [-0.3, -0.25) is 4.79 Å². The Morgan fingerprint density at radius 1 is 1.32 bits per heavy atom. The van der Waals surface area contributed by atoms with Crippen LogP contribution in [0.25, 0.3) is 0 Å². The van der Waals surface area contributed by atoms with E-state index in [1.54, 1.807) is 0 Å². The number of rotatable bonds is 5. The maximum atomic E-state index is 11.9. The topological polar surface area (TPSA) is 26.3 Å². The largest absolute Gasteiger partial charge is 0.469 e. The van der Waals surface area contributed by atoms with Crippen LogP contribution in [0.2, 0.25) is 0 Å². The van der Waals surface area contributed by atoms with Gasteiger partial charge < -0.3 is 4.74 Å². The molecule has 1 saturated carbocycles. The summed E-state index contributed by atoms with van der Waals surface area (Å²) in [5, 5.41) is 0.